The molecule has 0 aromatic carbocycles. The van der Waals surface area contributed by atoms with Gasteiger partial charge in [-0.3, -0.25) is 0 Å². The van der Waals surface area contributed by atoms with Crippen LogP contribution >= 0.6 is 0 Å². The maximum Gasteiger partial charge on any atom is 0.483 e. The smallest absolute Gasteiger partial charge is 0.379 e. The number of hydrogen-bond acceptors (Lipinski definition) is 5. The van der Waals surface area contributed by atoms with E-state index in [1.807, 2.05) is 0 Å². The summed E-state index contributed by atoms with van der Waals surface area (Å²) in [7, 11) is 3.05. The fourth-order valence-electron chi connectivity index (χ4n) is 0.931. The van der Waals surface area contributed by atoms with Crippen molar-refractivity contribution in [3.63, 3.8) is 0 Å². The molecule has 0 unspecified atom stereocenters. The van der Waals surface area contributed by atoms with E-state index < -0.39 is 9.53 Å². The lowest BCUT2D eigenvalue weighted by atomic mass is 10.2. The van der Waals surface area contributed by atoms with Crippen LogP contribution in [0.1, 0.15) is 44.9 Å². The lowest BCUT2D eigenvalue weighted by molar-refractivity contribution is 0.163. The van der Waals surface area contributed by atoms with Crippen molar-refractivity contribution in [2.75, 3.05) is 34.4 Å². The molecule has 4 N–H and O–H groups in total. The highest BCUT2D eigenvalue weighted by Crippen LogP contribution is 2.14. The standard InChI is InChI=1S/C6H16N2.C3H10O3Si.C3H6/c7-5-3-1-2-4-6-8;1-4-7(5-2)6-3;1-2-3-1/h1-8H2;7H,1-3H3;1-3H2. The van der Waals surface area contributed by atoms with Gasteiger partial charge < -0.3 is 24.7 Å². The first-order valence-corrected chi connectivity index (χ1v) is 8.16. The number of nitrogens with two attached hydrogens (primary N) is 2. The van der Waals surface area contributed by atoms with Crippen molar-refractivity contribution in [2.45, 2.75) is 44.9 Å². The van der Waals surface area contributed by atoms with E-state index in [9.17, 15) is 0 Å². The zero-order valence-electron chi connectivity index (χ0n) is 12.3. The second-order valence-electron chi connectivity index (χ2n) is 4.05. The Bertz CT molecular complexity index is 122. The molecule has 0 amide bonds. The molecule has 1 rings (SSSR count). The quantitative estimate of drug-likeness (QED) is 0.517. The van der Waals surface area contributed by atoms with E-state index in [0.717, 1.165) is 25.9 Å². The van der Waals surface area contributed by atoms with Crippen molar-refractivity contribution in [1.82, 2.24) is 0 Å². The molecule has 0 aliphatic heterocycles. The molecule has 0 aromatic rings. The molecular formula is C12H32N2O3Si. The Labute approximate surface area is 114 Å². The van der Waals surface area contributed by atoms with E-state index in [1.165, 1.54) is 32.1 Å². The van der Waals surface area contributed by atoms with Gasteiger partial charge in [-0.05, 0) is 25.9 Å². The van der Waals surface area contributed by atoms with Crippen molar-refractivity contribution < 1.29 is 13.3 Å². The number of unbranched alkanes of at least 4 members (excludes halogenated alkanes) is 3. The summed E-state index contributed by atoms with van der Waals surface area (Å²) in [6.45, 7) is 1.65. The highest BCUT2D eigenvalue weighted by molar-refractivity contribution is 6.36. The topological polar surface area (TPSA) is 79.7 Å². The van der Waals surface area contributed by atoms with Gasteiger partial charge in [0.05, 0.1) is 0 Å². The summed E-state index contributed by atoms with van der Waals surface area (Å²) in [6.07, 6.45) is 9.29. The Morgan fingerprint density at radius 1 is 0.722 bits per heavy atom. The average molecular weight is 280 g/mol. The number of rotatable bonds is 8. The van der Waals surface area contributed by atoms with Gasteiger partial charge in [-0.25, -0.2) is 0 Å². The summed E-state index contributed by atoms with van der Waals surface area (Å²) in [4.78, 5) is 0. The second-order valence-corrected chi connectivity index (χ2v) is 6.04. The van der Waals surface area contributed by atoms with Gasteiger partial charge in [0.1, 0.15) is 0 Å². The van der Waals surface area contributed by atoms with E-state index in [1.54, 1.807) is 21.3 Å². The van der Waals surface area contributed by atoms with Crippen LogP contribution in [0.3, 0.4) is 0 Å². The molecule has 1 fully saturated rings. The summed E-state index contributed by atoms with van der Waals surface area (Å²) < 4.78 is 14.2. The van der Waals surface area contributed by atoms with Crippen LogP contribution in [0, 0.1) is 0 Å². The molecule has 0 saturated heterocycles. The number of hydrogen-bond donors (Lipinski definition) is 2. The molecule has 112 valence electrons. The molecule has 1 aliphatic carbocycles. The Balaban J connectivity index is 0. The third-order valence-electron chi connectivity index (χ3n) is 2.09. The van der Waals surface area contributed by atoms with Crippen LogP contribution in [0.5, 0.6) is 0 Å². The van der Waals surface area contributed by atoms with Crippen LogP contribution in [0.4, 0.5) is 0 Å². The minimum absolute atomic E-state index is 0.824. The molecule has 0 atom stereocenters. The van der Waals surface area contributed by atoms with Crippen LogP contribution < -0.4 is 11.5 Å². The van der Waals surface area contributed by atoms with Gasteiger partial charge in [0.15, 0.2) is 0 Å². The predicted molar refractivity (Wildman–Crippen MR) is 78.6 cm³/mol. The molecular weight excluding hydrogens is 248 g/mol. The normalized spacial score (nSPS) is 12.3. The van der Waals surface area contributed by atoms with Gasteiger partial charge in [0.25, 0.3) is 0 Å². The second kappa shape index (κ2) is 19.4. The molecule has 0 heterocycles. The molecule has 1 aliphatic rings. The summed E-state index contributed by atoms with van der Waals surface area (Å²) in [5.41, 5.74) is 10.6. The first-order valence-electron chi connectivity index (χ1n) is 6.75. The maximum absolute atomic E-state index is 5.28. The van der Waals surface area contributed by atoms with Crippen molar-refractivity contribution in [3.8, 4) is 0 Å². The van der Waals surface area contributed by atoms with E-state index in [0.29, 0.717) is 0 Å². The first-order chi connectivity index (χ1) is 8.76. The van der Waals surface area contributed by atoms with E-state index in [4.69, 9.17) is 24.7 Å². The van der Waals surface area contributed by atoms with Crippen molar-refractivity contribution in [1.29, 1.82) is 0 Å². The summed E-state index contributed by atoms with van der Waals surface area (Å²) in [6, 6.07) is 0. The Kier molecular flexibility index (Phi) is 21.9. The molecule has 0 radical (unpaired) electrons. The zero-order chi connectivity index (χ0) is 14.1. The molecule has 6 heteroatoms. The molecule has 1 saturated carbocycles. The van der Waals surface area contributed by atoms with Crippen molar-refractivity contribution in [2.24, 2.45) is 11.5 Å². The third-order valence-corrected chi connectivity index (χ3v) is 3.24. The minimum Gasteiger partial charge on any atom is -0.379 e. The fourth-order valence-corrected chi connectivity index (χ4v) is 1.51. The van der Waals surface area contributed by atoms with Crippen molar-refractivity contribution >= 4 is 9.53 Å². The van der Waals surface area contributed by atoms with Crippen LogP contribution in [-0.2, 0) is 13.3 Å². The molecule has 0 spiro atoms. The predicted octanol–water partition coefficient (Wildman–Crippen LogP) is 1.28. The third kappa shape index (κ3) is 25.0. The van der Waals surface area contributed by atoms with Gasteiger partial charge in [-0.2, -0.15) is 0 Å². The summed E-state index contributed by atoms with van der Waals surface area (Å²) in [5.74, 6) is 0. The molecule has 0 aromatic heterocycles. The largest absolute Gasteiger partial charge is 0.483 e. The fraction of sp³-hybridized carbons (Fsp3) is 1.00. The molecule has 18 heavy (non-hydrogen) atoms. The van der Waals surface area contributed by atoms with Gasteiger partial charge in [-0.15, -0.1) is 0 Å². The Hall–Kier alpha value is 0.0169. The summed E-state index contributed by atoms with van der Waals surface area (Å²) >= 11 is 0. The Morgan fingerprint density at radius 2 is 1.06 bits per heavy atom. The van der Waals surface area contributed by atoms with Gasteiger partial charge >= 0.3 is 9.53 Å². The zero-order valence-corrected chi connectivity index (χ0v) is 13.5. The minimum atomic E-state index is -1.67. The summed E-state index contributed by atoms with van der Waals surface area (Å²) in [5, 5.41) is 0. The maximum atomic E-state index is 5.28. The van der Waals surface area contributed by atoms with Crippen LogP contribution in [-0.4, -0.2) is 43.9 Å². The van der Waals surface area contributed by atoms with Crippen molar-refractivity contribution in [3.05, 3.63) is 0 Å². The average Bonchev–Trinajstić information content (AvgIpc) is 3.26. The van der Waals surface area contributed by atoms with Crippen LogP contribution in [0.25, 0.3) is 0 Å². The van der Waals surface area contributed by atoms with Crippen LogP contribution in [0.2, 0.25) is 0 Å². The van der Waals surface area contributed by atoms with E-state index >= 15 is 0 Å². The van der Waals surface area contributed by atoms with Crippen LogP contribution in [0.15, 0.2) is 0 Å². The molecule has 5 nitrogen and oxygen atoms in total. The SMILES string of the molecule is C1CC1.CO[SiH](OC)OC.NCCCCCCN. The van der Waals surface area contributed by atoms with E-state index in [-0.39, 0.29) is 0 Å². The van der Waals surface area contributed by atoms with Gasteiger partial charge in [0.2, 0.25) is 0 Å². The monoisotopic (exact) mass is 280 g/mol. The Morgan fingerprint density at radius 3 is 1.17 bits per heavy atom. The molecule has 0 bridgehead atoms. The lowest BCUT2D eigenvalue weighted by Crippen LogP contribution is -2.21. The highest BCUT2D eigenvalue weighted by Gasteiger charge is 2.04. The van der Waals surface area contributed by atoms with E-state index in [2.05, 4.69) is 0 Å². The van der Waals surface area contributed by atoms with Gasteiger partial charge in [0, 0.05) is 21.3 Å². The first kappa shape index (κ1) is 20.3. The van der Waals surface area contributed by atoms with Gasteiger partial charge in [-0.1, -0.05) is 32.1 Å². The highest BCUT2D eigenvalue weighted by atomic mass is 28.3. The lowest BCUT2D eigenvalue weighted by Gasteiger charge is -2.05.